The minimum absolute atomic E-state index is 0.853. The van der Waals surface area contributed by atoms with Crippen molar-refractivity contribution in [3.8, 4) is 0 Å². The Labute approximate surface area is 116 Å². The van der Waals surface area contributed by atoms with Gasteiger partial charge in [-0.25, -0.2) is 0 Å². The second kappa shape index (κ2) is 5.63. The van der Waals surface area contributed by atoms with Gasteiger partial charge in [0.1, 0.15) is 0 Å². The average Bonchev–Trinajstić information content (AvgIpc) is 2.92. The molecule has 2 aliphatic rings. The molecule has 2 aliphatic heterocycles. The quantitative estimate of drug-likeness (QED) is 0.879. The van der Waals surface area contributed by atoms with Crippen LogP contribution >= 0.6 is 0 Å². The maximum atomic E-state index is 4.31. The maximum absolute atomic E-state index is 4.31. The molecule has 4 nitrogen and oxygen atoms in total. The monoisotopic (exact) mass is 262 g/mol. The number of fused-ring (bicyclic) bond motifs is 2. The fraction of sp³-hybridized carbons (Fsp3) is 0.800. The van der Waals surface area contributed by atoms with Crippen molar-refractivity contribution >= 4 is 0 Å². The molecule has 2 fully saturated rings. The molecule has 1 aromatic rings. The van der Waals surface area contributed by atoms with E-state index >= 15 is 0 Å². The molecular weight excluding hydrogens is 236 g/mol. The zero-order valence-electron chi connectivity index (χ0n) is 12.2. The normalized spacial score (nSPS) is 30.9. The fourth-order valence-electron chi connectivity index (χ4n) is 3.89. The Kier molecular flexibility index (Phi) is 3.89. The smallest absolute Gasteiger partial charge is 0.0521 e. The highest BCUT2D eigenvalue weighted by Gasteiger charge is 2.37. The molecule has 2 bridgehead atoms. The second-order valence-corrected chi connectivity index (χ2v) is 6.16. The molecule has 19 heavy (non-hydrogen) atoms. The van der Waals surface area contributed by atoms with Crippen molar-refractivity contribution in [1.82, 2.24) is 20.0 Å². The summed E-state index contributed by atoms with van der Waals surface area (Å²) in [6, 6.07) is 3.83. The Hall–Kier alpha value is -0.870. The van der Waals surface area contributed by atoms with E-state index in [1.165, 1.54) is 31.4 Å². The lowest BCUT2D eigenvalue weighted by Crippen LogP contribution is -2.42. The predicted octanol–water partition coefficient (Wildman–Crippen LogP) is 1.87. The molecule has 2 saturated heterocycles. The molecule has 1 aromatic heterocycles. The number of hydrogen-bond acceptors (Lipinski definition) is 3. The van der Waals surface area contributed by atoms with Crippen LogP contribution in [0.4, 0.5) is 0 Å². The third-order valence-electron chi connectivity index (χ3n) is 5.04. The van der Waals surface area contributed by atoms with Crippen molar-refractivity contribution in [2.45, 2.75) is 57.8 Å². The van der Waals surface area contributed by atoms with Gasteiger partial charge in [0.2, 0.25) is 0 Å². The number of aryl methyl sites for hydroxylation is 1. The summed E-state index contributed by atoms with van der Waals surface area (Å²) in [4.78, 5) is 2.61. The van der Waals surface area contributed by atoms with Crippen LogP contribution in [-0.4, -0.2) is 40.4 Å². The Morgan fingerprint density at radius 3 is 2.74 bits per heavy atom. The lowest BCUT2D eigenvalue weighted by Gasteiger charge is -2.36. The largest absolute Gasteiger partial charge is 0.311 e. The number of piperidine rings is 1. The van der Waals surface area contributed by atoms with E-state index in [9.17, 15) is 0 Å². The summed E-state index contributed by atoms with van der Waals surface area (Å²) >= 11 is 0. The molecule has 106 valence electrons. The molecular formula is C15H26N4. The molecule has 1 N–H and O–H groups in total. The molecule has 0 saturated carbocycles. The van der Waals surface area contributed by atoms with Gasteiger partial charge in [-0.15, -0.1) is 0 Å². The van der Waals surface area contributed by atoms with Crippen molar-refractivity contribution in [2.24, 2.45) is 5.92 Å². The second-order valence-electron chi connectivity index (χ2n) is 6.16. The van der Waals surface area contributed by atoms with Gasteiger partial charge in [0.25, 0.3) is 0 Å². The first kappa shape index (κ1) is 13.1. The third kappa shape index (κ3) is 2.70. The van der Waals surface area contributed by atoms with Crippen LogP contribution in [0.5, 0.6) is 0 Å². The van der Waals surface area contributed by atoms with E-state index in [4.69, 9.17) is 0 Å². The summed E-state index contributed by atoms with van der Waals surface area (Å²) in [5, 5.41) is 7.95. The molecule has 0 aliphatic carbocycles. The number of nitrogens with zero attached hydrogens (tertiary/aromatic N) is 3. The van der Waals surface area contributed by atoms with Gasteiger partial charge < -0.3 is 10.2 Å². The van der Waals surface area contributed by atoms with Crippen LogP contribution in [-0.2, 0) is 13.1 Å². The number of rotatable bonds is 5. The summed E-state index contributed by atoms with van der Waals surface area (Å²) in [5.74, 6) is 0.867. The molecule has 0 aromatic carbocycles. The van der Waals surface area contributed by atoms with Crippen LogP contribution in [0.1, 0.15) is 38.3 Å². The first-order valence-corrected chi connectivity index (χ1v) is 7.71. The van der Waals surface area contributed by atoms with Gasteiger partial charge in [-0.3, -0.25) is 4.68 Å². The molecule has 2 atom stereocenters. The molecule has 2 unspecified atom stereocenters. The molecule has 4 heteroatoms. The fourth-order valence-corrected chi connectivity index (χ4v) is 3.89. The highest BCUT2D eigenvalue weighted by atomic mass is 15.3. The summed E-state index contributed by atoms with van der Waals surface area (Å²) in [7, 11) is 2.31. The molecule has 0 amide bonds. The zero-order valence-corrected chi connectivity index (χ0v) is 12.2. The SMILES string of the molecule is CCn1nccc1CNCC1CC2CCC(C1)N2C. The average molecular weight is 262 g/mol. The number of aromatic nitrogens is 2. The van der Waals surface area contributed by atoms with Crippen LogP contribution in [0, 0.1) is 5.92 Å². The standard InChI is InChI=1S/C15H26N4/c1-3-19-15(6-7-17-19)11-16-10-12-8-13-4-5-14(9-12)18(13)2/h6-7,12-14,16H,3-5,8-11H2,1-2H3. The minimum atomic E-state index is 0.853. The first-order valence-electron chi connectivity index (χ1n) is 7.71. The Bertz CT molecular complexity index is 400. The van der Waals surface area contributed by atoms with E-state index in [2.05, 4.69) is 40.0 Å². The molecule has 3 rings (SSSR count). The van der Waals surface area contributed by atoms with E-state index in [-0.39, 0.29) is 0 Å². The minimum Gasteiger partial charge on any atom is -0.311 e. The lowest BCUT2D eigenvalue weighted by molar-refractivity contribution is 0.132. The van der Waals surface area contributed by atoms with E-state index < -0.39 is 0 Å². The van der Waals surface area contributed by atoms with Gasteiger partial charge in [-0.2, -0.15) is 5.10 Å². The predicted molar refractivity (Wildman–Crippen MR) is 76.9 cm³/mol. The van der Waals surface area contributed by atoms with Crippen LogP contribution in [0.3, 0.4) is 0 Å². The highest BCUT2D eigenvalue weighted by molar-refractivity contribution is 5.00. The van der Waals surface area contributed by atoms with Crippen LogP contribution < -0.4 is 5.32 Å². The Morgan fingerprint density at radius 1 is 1.32 bits per heavy atom. The topological polar surface area (TPSA) is 33.1 Å². The van der Waals surface area contributed by atoms with Gasteiger partial charge in [0.05, 0.1) is 5.69 Å². The third-order valence-corrected chi connectivity index (χ3v) is 5.04. The summed E-state index contributed by atoms with van der Waals surface area (Å²) in [6.45, 7) is 5.22. The van der Waals surface area contributed by atoms with Crippen molar-refractivity contribution in [3.63, 3.8) is 0 Å². The van der Waals surface area contributed by atoms with Gasteiger partial charge in [-0.1, -0.05) is 0 Å². The van der Waals surface area contributed by atoms with Gasteiger partial charge in [0, 0.05) is 31.4 Å². The van der Waals surface area contributed by atoms with Gasteiger partial charge in [0.15, 0.2) is 0 Å². The number of hydrogen-bond donors (Lipinski definition) is 1. The van der Waals surface area contributed by atoms with Crippen LogP contribution in [0.2, 0.25) is 0 Å². The molecule has 3 heterocycles. The van der Waals surface area contributed by atoms with Gasteiger partial charge >= 0.3 is 0 Å². The van der Waals surface area contributed by atoms with Crippen molar-refractivity contribution in [3.05, 3.63) is 18.0 Å². The van der Waals surface area contributed by atoms with Crippen molar-refractivity contribution in [2.75, 3.05) is 13.6 Å². The highest BCUT2D eigenvalue weighted by Crippen LogP contribution is 2.36. The van der Waals surface area contributed by atoms with E-state index in [1.807, 2.05) is 6.20 Å². The summed E-state index contributed by atoms with van der Waals surface area (Å²) in [5.41, 5.74) is 1.30. The lowest BCUT2D eigenvalue weighted by atomic mass is 9.91. The first-order chi connectivity index (χ1) is 9.28. The van der Waals surface area contributed by atoms with Crippen molar-refractivity contribution in [1.29, 1.82) is 0 Å². The zero-order chi connectivity index (χ0) is 13.2. The Morgan fingerprint density at radius 2 is 2.05 bits per heavy atom. The Balaban J connectivity index is 1.46. The van der Waals surface area contributed by atoms with Crippen LogP contribution in [0.15, 0.2) is 12.3 Å². The maximum Gasteiger partial charge on any atom is 0.0521 e. The van der Waals surface area contributed by atoms with Crippen LogP contribution in [0.25, 0.3) is 0 Å². The van der Waals surface area contributed by atoms with Gasteiger partial charge in [-0.05, 0) is 58.2 Å². The van der Waals surface area contributed by atoms with Crippen molar-refractivity contribution < 1.29 is 0 Å². The molecule has 0 spiro atoms. The van der Waals surface area contributed by atoms with E-state index in [0.29, 0.717) is 0 Å². The summed E-state index contributed by atoms with van der Waals surface area (Å²) in [6.07, 6.45) is 7.50. The number of nitrogens with one attached hydrogen (secondary N) is 1. The summed E-state index contributed by atoms with van der Waals surface area (Å²) < 4.78 is 2.07. The van der Waals surface area contributed by atoms with E-state index in [1.54, 1.807) is 0 Å². The molecule has 0 radical (unpaired) electrons. The van der Waals surface area contributed by atoms with E-state index in [0.717, 1.165) is 37.6 Å².